The van der Waals surface area contributed by atoms with Crippen LogP contribution in [0, 0.1) is 0 Å². The van der Waals surface area contributed by atoms with Gasteiger partial charge < -0.3 is 155 Å². The fourth-order valence-electron chi connectivity index (χ4n) is 9.11. The van der Waals surface area contributed by atoms with Crippen LogP contribution in [0.25, 0.3) is 0 Å². The number of carbonyl (C=O) groups excluding carboxylic acids is 2. The smallest absolute Gasteiger partial charge is 0.217 e. The topological polar surface area (TPSA) is 524 Å². The Kier molecular flexibility index (Phi) is 21.3. The number of rotatable bonds is 18. The van der Waals surface area contributed by atoms with Crippen LogP contribution >= 0.6 is 0 Å². The van der Waals surface area contributed by atoms with Crippen LogP contribution in [0.3, 0.4) is 0 Å². The predicted molar refractivity (Wildman–Crippen MR) is 222 cm³/mol. The van der Waals surface area contributed by atoms with Crippen molar-refractivity contribution in [2.45, 2.75) is 198 Å². The summed E-state index contributed by atoms with van der Waals surface area (Å²) in [6.07, 6.45) is -52.5. The molecule has 0 aromatic rings. The van der Waals surface area contributed by atoms with Crippen molar-refractivity contribution in [3.8, 4) is 0 Å². The quantitative estimate of drug-likeness (QED) is 0.0606. The summed E-state index contributed by atoms with van der Waals surface area (Å²) in [6, 6.07) is -3.20. The Bertz CT molecular complexity index is 1750. The summed E-state index contributed by atoms with van der Waals surface area (Å²) in [5, 5.41) is 196. The highest BCUT2D eigenvalue weighted by atomic mass is 16.8. The average molecular weight is 1070 g/mol. The van der Waals surface area contributed by atoms with Gasteiger partial charge in [-0.1, -0.05) is 0 Å². The molecule has 6 saturated heterocycles. The SMILES string of the molecule is CC(=O)N[C@@H]1[C@@H](O)[C@H](O[C@@H]2O[C@H](CO)[C@@H](O[C@@H]3O[C@H](CO[C@H]4O[C@H](CO[C@@H]5O[C@H](CO)[C@@H](O)[C@H](O)[C@@H]5O)[C@@H](O)[C@H](O[C@@H]5O[C@H](CO)[C@@H](O)[C@H](O)[C@@H]5O)[C@@H]4O)[C@@H](O)[C@H](O)[C@@H]3O)[C@H](O)[C@H]2NC(C)=O)[C@@H](CO)O[C@H]1O. The average Bonchev–Trinajstić information content (AvgIpc) is 3.35. The van der Waals surface area contributed by atoms with Crippen LogP contribution in [0.5, 0.6) is 0 Å². The zero-order valence-corrected chi connectivity index (χ0v) is 38.9. The first kappa shape index (κ1) is 60.0. The van der Waals surface area contributed by atoms with Crippen molar-refractivity contribution in [2.75, 3.05) is 39.6 Å². The van der Waals surface area contributed by atoms with Crippen molar-refractivity contribution in [2.24, 2.45) is 0 Å². The molecule has 20 N–H and O–H groups in total. The predicted octanol–water partition coefficient (Wildman–Crippen LogP) is -13.8. The lowest BCUT2D eigenvalue weighted by molar-refractivity contribution is -0.376. The lowest BCUT2D eigenvalue weighted by Crippen LogP contribution is -2.70. The van der Waals surface area contributed by atoms with Crippen LogP contribution in [-0.2, 0) is 61.7 Å². The number of hydrogen-bond acceptors (Lipinski definition) is 31. The second-order valence-electron chi connectivity index (χ2n) is 18.3. The molecule has 6 fully saturated rings. The van der Waals surface area contributed by atoms with E-state index in [0.29, 0.717) is 0 Å². The van der Waals surface area contributed by atoms with Gasteiger partial charge in [-0.25, -0.2) is 0 Å². The van der Waals surface area contributed by atoms with Crippen molar-refractivity contribution in [1.29, 1.82) is 0 Å². The molecule has 0 aromatic heterocycles. The number of ether oxygens (including phenoxy) is 11. The van der Waals surface area contributed by atoms with Gasteiger partial charge in [-0.3, -0.25) is 9.59 Å². The molecule has 6 heterocycles. The van der Waals surface area contributed by atoms with Crippen LogP contribution in [-0.4, -0.2) is 327 Å². The maximum Gasteiger partial charge on any atom is 0.217 e. The molecule has 0 saturated carbocycles. The van der Waals surface area contributed by atoms with Crippen LogP contribution < -0.4 is 10.6 Å². The second kappa shape index (κ2) is 26.0. The Labute approximate surface area is 413 Å². The lowest BCUT2D eigenvalue weighted by atomic mass is 9.94. The molecule has 73 heavy (non-hydrogen) atoms. The Morgan fingerprint density at radius 2 is 0.699 bits per heavy atom. The van der Waals surface area contributed by atoms with E-state index >= 15 is 0 Å². The molecule has 0 bridgehead atoms. The molecule has 2 amide bonds. The normalized spacial score (nSPS) is 49.8. The zero-order valence-electron chi connectivity index (χ0n) is 38.9. The molecule has 30 atom stereocenters. The van der Waals surface area contributed by atoms with Crippen molar-refractivity contribution in [1.82, 2.24) is 10.6 Å². The Balaban J connectivity index is 1.19. The van der Waals surface area contributed by atoms with Crippen molar-refractivity contribution >= 4 is 11.8 Å². The van der Waals surface area contributed by atoms with Gasteiger partial charge in [0.2, 0.25) is 11.8 Å². The number of carbonyl (C=O) groups is 2. The van der Waals surface area contributed by atoms with Gasteiger partial charge in [-0.05, 0) is 0 Å². The summed E-state index contributed by atoms with van der Waals surface area (Å²) in [5.74, 6) is -1.51. The molecule has 0 aliphatic carbocycles. The first-order valence-electron chi connectivity index (χ1n) is 23.1. The Hall–Kier alpha value is -2.22. The monoisotopic (exact) mass is 1070 g/mol. The van der Waals surface area contributed by atoms with E-state index in [4.69, 9.17) is 52.1 Å². The van der Waals surface area contributed by atoms with Gasteiger partial charge in [0, 0.05) is 13.8 Å². The van der Waals surface area contributed by atoms with Crippen LogP contribution in [0.15, 0.2) is 0 Å². The van der Waals surface area contributed by atoms with Crippen molar-refractivity contribution < 1.29 is 154 Å². The summed E-state index contributed by atoms with van der Waals surface area (Å²) >= 11 is 0. The summed E-state index contributed by atoms with van der Waals surface area (Å²) in [5.41, 5.74) is 0. The number of nitrogens with one attached hydrogen (secondary N) is 2. The van der Waals surface area contributed by atoms with Gasteiger partial charge in [-0.15, -0.1) is 0 Å². The summed E-state index contributed by atoms with van der Waals surface area (Å²) < 4.78 is 62.1. The summed E-state index contributed by atoms with van der Waals surface area (Å²) in [4.78, 5) is 24.3. The van der Waals surface area contributed by atoms with E-state index < -0.39 is 236 Å². The lowest BCUT2D eigenvalue weighted by Gasteiger charge is -2.49. The maximum absolute atomic E-state index is 12.4. The van der Waals surface area contributed by atoms with Crippen LogP contribution in [0.2, 0.25) is 0 Å². The Morgan fingerprint density at radius 1 is 0.356 bits per heavy atom. The largest absolute Gasteiger partial charge is 0.394 e. The van der Waals surface area contributed by atoms with Gasteiger partial charge in [-0.2, -0.15) is 0 Å². The minimum atomic E-state index is -2.16. The molecule has 6 rings (SSSR count). The first-order valence-corrected chi connectivity index (χ1v) is 23.1. The highest BCUT2D eigenvalue weighted by molar-refractivity contribution is 5.73. The van der Waals surface area contributed by atoms with Crippen molar-refractivity contribution in [3.63, 3.8) is 0 Å². The molecule has 0 aromatic carbocycles. The maximum atomic E-state index is 12.4. The molecule has 0 radical (unpaired) electrons. The molecule has 424 valence electrons. The molecular formula is C40H68N2O31. The number of amides is 2. The van der Waals surface area contributed by atoms with E-state index in [1.807, 2.05) is 0 Å². The highest BCUT2D eigenvalue weighted by Crippen LogP contribution is 2.35. The summed E-state index contributed by atoms with van der Waals surface area (Å²) in [6.45, 7) is -3.29. The van der Waals surface area contributed by atoms with E-state index in [1.54, 1.807) is 0 Å². The van der Waals surface area contributed by atoms with E-state index in [9.17, 15) is 102 Å². The molecular weight excluding hydrogens is 1000 g/mol. The van der Waals surface area contributed by atoms with Crippen molar-refractivity contribution in [3.05, 3.63) is 0 Å². The molecule has 0 unspecified atom stereocenters. The first-order chi connectivity index (χ1) is 34.5. The third-order valence-electron chi connectivity index (χ3n) is 13.2. The number of aliphatic hydroxyl groups is 18. The van der Waals surface area contributed by atoms with E-state index in [2.05, 4.69) is 10.6 Å². The number of hydrogen-bond donors (Lipinski definition) is 20. The standard InChI is InChI=1S/C40H68N2O31/c1-9(47)41-17-23(53)32(13(5-45)65-35(17)62)71-36-18(42-10(2)48)24(54)33(14(6-46)68-36)72-40-30(60)27(57)21(51)15(70-40)7-64-38-31(61)34(73-39-29(59)26(56)20(50)12(4-44)67-39)22(52)16(69-38)8-63-37-28(58)25(55)19(49)11(3-43)66-37/h11-40,43-46,49-62H,3-8H2,1-2H3,(H,41,47)(H,42,48)/t11-,12-,13-,14-,15-,16-,17-,18-,19-,20-,21-,22-,23-,24-,25+,26+,27+,28+,29+,30+,31+,32-,33-,34+,35-,36+,37-,38+,39+,40+/m1/s1. The molecule has 33 nitrogen and oxygen atoms in total. The molecule has 6 aliphatic heterocycles. The third kappa shape index (κ3) is 13.2. The highest BCUT2D eigenvalue weighted by Gasteiger charge is 2.56. The van der Waals surface area contributed by atoms with Gasteiger partial charge >= 0.3 is 0 Å². The number of aliphatic hydroxyl groups excluding tert-OH is 18. The molecule has 33 heteroatoms. The van der Waals surface area contributed by atoms with Gasteiger partial charge in [0.05, 0.1) is 39.6 Å². The molecule has 6 aliphatic rings. The second-order valence-corrected chi connectivity index (χ2v) is 18.3. The van der Waals surface area contributed by atoms with Gasteiger partial charge in [0.1, 0.15) is 146 Å². The molecule has 0 spiro atoms. The van der Waals surface area contributed by atoms with Crippen LogP contribution in [0.4, 0.5) is 0 Å². The summed E-state index contributed by atoms with van der Waals surface area (Å²) in [7, 11) is 0. The van der Waals surface area contributed by atoms with E-state index in [0.717, 1.165) is 13.8 Å². The van der Waals surface area contributed by atoms with Gasteiger partial charge in [0.15, 0.2) is 37.7 Å². The van der Waals surface area contributed by atoms with Gasteiger partial charge in [0.25, 0.3) is 0 Å². The zero-order chi connectivity index (χ0) is 53.9. The fourth-order valence-corrected chi connectivity index (χ4v) is 9.11. The minimum Gasteiger partial charge on any atom is -0.394 e. The Morgan fingerprint density at radius 3 is 1.19 bits per heavy atom. The third-order valence-corrected chi connectivity index (χ3v) is 13.2. The fraction of sp³-hybridized carbons (Fsp3) is 0.950. The van der Waals surface area contributed by atoms with E-state index in [-0.39, 0.29) is 0 Å². The van der Waals surface area contributed by atoms with E-state index in [1.165, 1.54) is 0 Å². The van der Waals surface area contributed by atoms with Crippen LogP contribution in [0.1, 0.15) is 13.8 Å². The minimum absolute atomic E-state index is 0.702.